The summed E-state index contributed by atoms with van der Waals surface area (Å²) in [6, 6.07) is -0.576. The van der Waals surface area contributed by atoms with Crippen molar-refractivity contribution in [1.82, 2.24) is 0 Å². The summed E-state index contributed by atoms with van der Waals surface area (Å²) in [6.07, 6.45) is 5.60. The quantitative estimate of drug-likeness (QED) is 0.542. The van der Waals surface area contributed by atoms with Gasteiger partial charge in [0, 0.05) is 0 Å². The maximum Gasteiger partial charge on any atom is 0.390 e. The van der Waals surface area contributed by atoms with E-state index >= 15 is 0 Å². The molecule has 2 fully saturated rings. The zero-order valence-corrected chi connectivity index (χ0v) is 10.0. The van der Waals surface area contributed by atoms with Gasteiger partial charge in [0.2, 0.25) is 0 Å². The fourth-order valence-electron chi connectivity index (χ4n) is 3.56. The van der Waals surface area contributed by atoms with E-state index < -0.39 is 6.04 Å². The number of methoxy groups -OCH3 is 1. The van der Waals surface area contributed by atoms with Crippen molar-refractivity contribution in [2.24, 2.45) is 17.3 Å². The molecule has 2 saturated carbocycles. The first-order valence-corrected chi connectivity index (χ1v) is 6.11. The third kappa shape index (κ3) is 1.52. The van der Waals surface area contributed by atoms with Crippen molar-refractivity contribution in [2.75, 3.05) is 7.11 Å². The lowest BCUT2D eigenvalue weighted by molar-refractivity contribution is -0.144. The zero-order chi connectivity index (χ0) is 11.8. The Morgan fingerprint density at radius 1 is 1.50 bits per heavy atom. The highest BCUT2D eigenvalue weighted by atomic mass is 16.5. The van der Waals surface area contributed by atoms with Crippen LogP contribution in [0.4, 0.5) is 0 Å². The molecule has 0 aliphatic heterocycles. The van der Waals surface area contributed by atoms with Gasteiger partial charge < -0.3 is 9.58 Å². The van der Waals surface area contributed by atoms with Crippen molar-refractivity contribution in [2.45, 2.75) is 45.1 Å². The SMILES string of the molecule is [C-]#[N+]C(C(=O)OC)C1(CC)C[C@H]2CC[C@H]2C1. The van der Waals surface area contributed by atoms with Crippen LogP contribution >= 0.6 is 0 Å². The summed E-state index contributed by atoms with van der Waals surface area (Å²) < 4.78 is 4.78. The first-order valence-electron chi connectivity index (χ1n) is 6.11. The summed E-state index contributed by atoms with van der Waals surface area (Å²) in [5.74, 6) is 1.21. The molecule has 0 aromatic rings. The largest absolute Gasteiger partial charge is 0.463 e. The van der Waals surface area contributed by atoms with Crippen molar-refractivity contribution in [1.29, 1.82) is 0 Å². The van der Waals surface area contributed by atoms with Crippen LogP contribution in [0.2, 0.25) is 0 Å². The molecule has 0 aromatic carbocycles. The number of hydrogen-bond acceptors (Lipinski definition) is 2. The molecule has 0 N–H and O–H groups in total. The van der Waals surface area contributed by atoms with Gasteiger partial charge in [-0.3, -0.25) is 0 Å². The van der Waals surface area contributed by atoms with Crippen LogP contribution in [0, 0.1) is 23.8 Å². The number of carbonyl (C=O) groups excluding carboxylic acids is 1. The Kier molecular flexibility index (Phi) is 2.92. The molecule has 88 valence electrons. The third-order valence-electron chi connectivity index (χ3n) is 4.75. The molecule has 2 aliphatic rings. The molecule has 0 radical (unpaired) electrons. The molecular weight excluding hydrogens is 202 g/mol. The molecule has 0 amide bonds. The Balaban J connectivity index is 2.20. The number of nitrogens with zero attached hydrogens (tertiary/aromatic N) is 1. The summed E-state index contributed by atoms with van der Waals surface area (Å²) in [6.45, 7) is 9.37. The summed E-state index contributed by atoms with van der Waals surface area (Å²) >= 11 is 0. The van der Waals surface area contributed by atoms with Gasteiger partial charge in [0.1, 0.15) is 0 Å². The van der Waals surface area contributed by atoms with Crippen LogP contribution in [0.15, 0.2) is 0 Å². The van der Waals surface area contributed by atoms with Gasteiger partial charge in [0.05, 0.1) is 12.5 Å². The first-order chi connectivity index (χ1) is 7.66. The summed E-state index contributed by atoms with van der Waals surface area (Å²) in [4.78, 5) is 15.2. The number of fused-ring (bicyclic) bond motifs is 1. The second-order valence-corrected chi connectivity index (χ2v) is 5.28. The monoisotopic (exact) mass is 221 g/mol. The highest BCUT2D eigenvalue weighted by Gasteiger charge is 2.57. The molecule has 2 rings (SSSR count). The second-order valence-electron chi connectivity index (χ2n) is 5.28. The molecule has 3 heteroatoms. The molecule has 16 heavy (non-hydrogen) atoms. The van der Waals surface area contributed by atoms with Crippen LogP contribution in [-0.2, 0) is 9.53 Å². The van der Waals surface area contributed by atoms with Gasteiger partial charge in [-0.1, -0.05) is 6.92 Å². The normalized spacial score (nSPS) is 38.1. The number of ether oxygens (including phenoxy) is 1. The predicted molar refractivity (Wildman–Crippen MR) is 60.6 cm³/mol. The van der Waals surface area contributed by atoms with E-state index in [0.29, 0.717) is 0 Å². The van der Waals surface area contributed by atoms with E-state index in [4.69, 9.17) is 11.3 Å². The lowest BCUT2D eigenvalue weighted by Crippen LogP contribution is -2.37. The zero-order valence-electron chi connectivity index (χ0n) is 10.0. The van der Waals surface area contributed by atoms with E-state index in [1.54, 1.807) is 0 Å². The van der Waals surface area contributed by atoms with Gasteiger partial charge in [-0.2, -0.15) is 0 Å². The summed E-state index contributed by atoms with van der Waals surface area (Å²) in [5.41, 5.74) is -0.0966. The van der Waals surface area contributed by atoms with Crippen LogP contribution in [0.3, 0.4) is 0 Å². The average molecular weight is 221 g/mol. The van der Waals surface area contributed by atoms with Crippen LogP contribution in [0.5, 0.6) is 0 Å². The Morgan fingerprint density at radius 3 is 2.38 bits per heavy atom. The number of carbonyl (C=O) groups is 1. The third-order valence-corrected chi connectivity index (χ3v) is 4.75. The maximum absolute atomic E-state index is 11.7. The van der Waals surface area contributed by atoms with Crippen LogP contribution in [-0.4, -0.2) is 19.1 Å². The van der Waals surface area contributed by atoms with E-state index in [0.717, 1.165) is 31.1 Å². The fourth-order valence-corrected chi connectivity index (χ4v) is 3.56. The number of rotatable bonds is 3. The minimum atomic E-state index is -0.576. The van der Waals surface area contributed by atoms with Gasteiger partial charge in [-0.05, 0) is 43.9 Å². The Morgan fingerprint density at radius 2 is 2.06 bits per heavy atom. The molecular formula is C13H19NO2. The summed E-state index contributed by atoms with van der Waals surface area (Å²) in [7, 11) is 1.38. The molecule has 4 atom stereocenters. The Hall–Kier alpha value is -1.04. The van der Waals surface area contributed by atoms with E-state index in [1.165, 1.54) is 20.0 Å². The van der Waals surface area contributed by atoms with Crippen molar-refractivity contribution in [3.8, 4) is 0 Å². The van der Waals surface area contributed by atoms with Gasteiger partial charge in [-0.15, -0.1) is 0 Å². The van der Waals surface area contributed by atoms with E-state index in [9.17, 15) is 4.79 Å². The van der Waals surface area contributed by atoms with Crippen LogP contribution < -0.4 is 0 Å². The Labute approximate surface area is 97.0 Å². The van der Waals surface area contributed by atoms with Crippen LogP contribution in [0.1, 0.15) is 39.0 Å². The van der Waals surface area contributed by atoms with Crippen molar-refractivity contribution < 1.29 is 9.53 Å². The standard InChI is InChI=1S/C13H19NO2/c1-4-13(11(14-2)12(15)16-3)7-9-5-6-10(9)8-13/h9-11H,4-8H2,1,3H3/t9-,10+,11?,13?. The van der Waals surface area contributed by atoms with E-state index in [2.05, 4.69) is 11.8 Å². The van der Waals surface area contributed by atoms with Gasteiger partial charge >= 0.3 is 12.0 Å². The lowest BCUT2D eigenvalue weighted by Gasteiger charge is -2.29. The number of esters is 1. The minimum absolute atomic E-state index is 0.0966. The molecule has 0 saturated heterocycles. The maximum atomic E-state index is 11.7. The highest BCUT2D eigenvalue weighted by Crippen LogP contribution is 2.58. The number of hydrogen-bond donors (Lipinski definition) is 0. The minimum Gasteiger partial charge on any atom is -0.463 e. The van der Waals surface area contributed by atoms with Crippen molar-refractivity contribution in [3.63, 3.8) is 0 Å². The molecule has 0 bridgehead atoms. The predicted octanol–water partition coefficient (Wildman–Crippen LogP) is 2.66. The molecule has 2 unspecified atom stereocenters. The average Bonchev–Trinajstić information content (AvgIpc) is 2.54. The molecule has 0 heterocycles. The van der Waals surface area contributed by atoms with Crippen LogP contribution in [0.25, 0.3) is 4.85 Å². The van der Waals surface area contributed by atoms with E-state index in [-0.39, 0.29) is 11.4 Å². The fraction of sp³-hybridized carbons (Fsp3) is 0.846. The summed E-state index contributed by atoms with van der Waals surface area (Å²) in [5, 5.41) is 0. The topological polar surface area (TPSA) is 30.7 Å². The molecule has 0 spiro atoms. The molecule has 0 aromatic heterocycles. The van der Waals surface area contributed by atoms with Crippen molar-refractivity contribution in [3.05, 3.63) is 11.4 Å². The lowest BCUT2D eigenvalue weighted by atomic mass is 9.76. The van der Waals surface area contributed by atoms with E-state index in [1.807, 2.05) is 0 Å². The smallest absolute Gasteiger partial charge is 0.390 e. The van der Waals surface area contributed by atoms with Gasteiger partial charge in [-0.25, -0.2) is 11.4 Å². The first kappa shape index (κ1) is 11.4. The molecule has 3 nitrogen and oxygen atoms in total. The van der Waals surface area contributed by atoms with Gasteiger partial charge in [0.15, 0.2) is 0 Å². The van der Waals surface area contributed by atoms with Gasteiger partial charge in [0.25, 0.3) is 0 Å². The van der Waals surface area contributed by atoms with Crippen molar-refractivity contribution >= 4 is 5.97 Å². The highest BCUT2D eigenvalue weighted by molar-refractivity contribution is 5.78. The second kappa shape index (κ2) is 4.08. The Bertz CT molecular complexity index is 319. The molecule has 2 aliphatic carbocycles.